The monoisotopic (exact) mass is 258 g/mol. The summed E-state index contributed by atoms with van der Waals surface area (Å²) in [5.41, 5.74) is 5.07. The van der Waals surface area contributed by atoms with Gasteiger partial charge in [-0.2, -0.15) is 0 Å². The van der Waals surface area contributed by atoms with Gasteiger partial charge in [0, 0.05) is 13.1 Å². The molecule has 0 spiro atoms. The Hall–Kier alpha value is -0.650. The Bertz CT molecular complexity index is 242. The van der Waals surface area contributed by atoms with E-state index in [0.717, 1.165) is 52.1 Å². The van der Waals surface area contributed by atoms with E-state index in [1.165, 1.54) is 0 Å². The van der Waals surface area contributed by atoms with Crippen LogP contribution in [0.2, 0.25) is 0 Å². The van der Waals surface area contributed by atoms with Crippen molar-refractivity contribution in [1.29, 1.82) is 0 Å². The first kappa shape index (κ1) is 15.4. The normalized spacial score (nSPS) is 20.6. The maximum atomic E-state index is 10.7. The molecule has 3 N–H and O–H groups in total. The molecule has 18 heavy (non-hydrogen) atoms. The van der Waals surface area contributed by atoms with Gasteiger partial charge >= 0.3 is 0 Å². The Balaban J connectivity index is 2.03. The fraction of sp³-hybridized carbons (Fsp3) is 0.923. The molecule has 0 aromatic rings. The highest BCUT2D eigenvalue weighted by molar-refractivity contribution is 5.74. The molecule has 2 atom stereocenters. The van der Waals surface area contributed by atoms with Crippen molar-refractivity contribution in [2.45, 2.75) is 38.7 Å². The van der Waals surface area contributed by atoms with Crippen LogP contribution in [0.15, 0.2) is 0 Å². The Kier molecular flexibility index (Phi) is 7.23. The van der Waals surface area contributed by atoms with Gasteiger partial charge in [-0.15, -0.1) is 0 Å². The van der Waals surface area contributed by atoms with E-state index in [4.69, 9.17) is 10.5 Å². The molecule has 0 aliphatic carbocycles. The molecule has 5 heteroatoms. The molecule has 5 nitrogen and oxygen atoms in total. The number of nitrogens with zero attached hydrogens (tertiary/aromatic N) is 1. The second-order valence-electron chi connectivity index (χ2n) is 5.16. The van der Waals surface area contributed by atoms with Gasteiger partial charge in [0.25, 0.3) is 0 Å². The second-order valence-corrected chi connectivity index (χ2v) is 5.16. The number of amides is 1. The van der Waals surface area contributed by atoms with Crippen LogP contribution in [0.25, 0.3) is 0 Å². The molecule has 0 unspecified atom stereocenters. The fourth-order valence-electron chi connectivity index (χ4n) is 2.23. The highest BCUT2D eigenvalue weighted by Gasteiger charge is 2.16. The molecule has 1 rings (SSSR count). The number of morpholine rings is 1. The lowest BCUT2D eigenvalue weighted by atomic mass is 9.95. The summed E-state index contributed by atoms with van der Waals surface area (Å²) in [7, 11) is 0. The van der Waals surface area contributed by atoms with Crippen LogP contribution in [0.3, 0.4) is 0 Å². The minimum Gasteiger partial charge on any atom is -0.392 e. The lowest BCUT2D eigenvalue weighted by Gasteiger charge is -2.26. The van der Waals surface area contributed by atoms with E-state index < -0.39 is 12.0 Å². The lowest BCUT2D eigenvalue weighted by molar-refractivity contribution is -0.120. The first-order valence-corrected chi connectivity index (χ1v) is 6.86. The third-order valence-corrected chi connectivity index (χ3v) is 3.55. The average Bonchev–Trinajstić information content (AvgIpc) is 2.34. The number of unbranched alkanes of at least 4 members (excludes halogenated alkanes) is 1. The summed E-state index contributed by atoms with van der Waals surface area (Å²) in [6.07, 6.45) is 2.64. The van der Waals surface area contributed by atoms with Gasteiger partial charge in [-0.25, -0.2) is 0 Å². The van der Waals surface area contributed by atoms with E-state index in [0.29, 0.717) is 0 Å². The van der Waals surface area contributed by atoms with Crippen LogP contribution in [0.4, 0.5) is 0 Å². The third kappa shape index (κ3) is 6.33. The molecule has 1 aliphatic heterocycles. The molecule has 0 saturated carbocycles. The van der Waals surface area contributed by atoms with Crippen LogP contribution in [0.1, 0.15) is 32.6 Å². The van der Waals surface area contributed by atoms with Crippen molar-refractivity contribution in [1.82, 2.24) is 4.90 Å². The van der Waals surface area contributed by atoms with Crippen molar-refractivity contribution in [3.8, 4) is 0 Å². The van der Waals surface area contributed by atoms with Gasteiger partial charge in [-0.3, -0.25) is 9.69 Å². The SMILES string of the molecule is C[C@H](CCCCN1CCOCC1)[C@@H](O)CC(N)=O. The number of rotatable bonds is 8. The average molecular weight is 258 g/mol. The van der Waals surface area contributed by atoms with Crippen molar-refractivity contribution in [2.24, 2.45) is 11.7 Å². The topological polar surface area (TPSA) is 75.8 Å². The molecule has 0 bridgehead atoms. The van der Waals surface area contributed by atoms with Crippen LogP contribution in [0.5, 0.6) is 0 Å². The Morgan fingerprint density at radius 2 is 2.06 bits per heavy atom. The van der Waals surface area contributed by atoms with Crippen LogP contribution in [0, 0.1) is 5.92 Å². The van der Waals surface area contributed by atoms with E-state index in [-0.39, 0.29) is 12.3 Å². The second kappa shape index (κ2) is 8.45. The Labute approximate surface area is 109 Å². The zero-order valence-corrected chi connectivity index (χ0v) is 11.3. The predicted octanol–water partition coefficient (Wildman–Crippen LogP) is 0.361. The summed E-state index contributed by atoms with van der Waals surface area (Å²) < 4.78 is 5.29. The van der Waals surface area contributed by atoms with Gasteiger partial charge < -0.3 is 15.6 Å². The van der Waals surface area contributed by atoms with Gasteiger partial charge in [0.2, 0.25) is 5.91 Å². The summed E-state index contributed by atoms with van der Waals surface area (Å²) in [4.78, 5) is 13.1. The van der Waals surface area contributed by atoms with Gasteiger partial charge in [0.15, 0.2) is 0 Å². The number of primary amides is 1. The molecule has 1 fully saturated rings. The molecular formula is C13H26N2O3. The number of aliphatic hydroxyl groups excluding tert-OH is 1. The van der Waals surface area contributed by atoms with Crippen molar-refractivity contribution in [3.05, 3.63) is 0 Å². The van der Waals surface area contributed by atoms with Crippen molar-refractivity contribution < 1.29 is 14.6 Å². The zero-order chi connectivity index (χ0) is 13.4. The smallest absolute Gasteiger partial charge is 0.220 e. The number of hydrogen-bond donors (Lipinski definition) is 2. The Morgan fingerprint density at radius 3 is 2.67 bits per heavy atom. The van der Waals surface area contributed by atoms with Crippen LogP contribution >= 0.6 is 0 Å². The van der Waals surface area contributed by atoms with E-state index >= 15 is 0 Å². The molecule has 1 amide bonds. The summed E-state index contributed by atoms with van der Waals surface area (Å²) in [5, 5.41) is 9.71. The molecule has 1 aliphatic rings. The summed E-state index contributed by atoms with van der Waals surface area (Å²) in [5.74, 6) is -0.287. The van der Waals surface area contributed by atoms with Crippen LogP contribution < -0.4 is 5.73 Å². The largest absolute Gasteiger partial charge is 0.392 e. The first-order valence-electron chi connectivity index (χ1n) is 6.86. The summed E-state index contributed by atoms with van der Waals surface area (Å²) in [6.45, 7) is 6.81. The molecule has 1 saturated heterocycles. The summed E-state index contributed by atoms with van der Waals surface area (Å²) >= 11 is 0. The highest BCUT2D eigenvalue weighted by atomic mass is 16.5. The van der Waals surface area contributed by atoms with Crippen molar-refractivity contribution in [2.75, 3.05) is 32.8 Å². The fourth-order valence-corrected chi connectivity index (χ4v) is 2.23. The maximum Gasteiger partial charge on any atom is 0.220 e. The predicted molar refractivity (Wildman–Crippen MR) is 70.1 cm³/mol. The number of carbonyl (C=O) groups is 1. The quantitative estimate of drug-likeness (QED) is 0.616. The first-order chi connectivity index (χ1) is 8.59. The van der Waals surface area contributed by atoms with Crippen molar-refractivity contribution >= 4 is 5.91 Å². The van der Waals surface area contributed by atoms with E-state index in [2.05, 4.69) is 4.90 Å². The maximum absolute atomic E-state index is 10.7. The van der Waals surface area contributed by atoms with E-state index in [9.17, 15) is 9.90 Å². The van der Waals surface area contributed by atoms with Crippen LogP contribution in [-0.4, -0.2) is 54.9 Å². The van der Waals surface area contributed by atoms with Gasteiger partial charge in [0.1, 0.15) is 0 Å². The van der Waals surface area contributed by atoms with Gasteiger partial charge in [0.05, 0.1) is 25.7 Å². The number of aliphatic hydroxyl groups is 1. The number of hydrogen-bond acceptors (Lipinski definition) is 4. The van der Waals surface area contributed by atoms with E-state index in [1.54, 1.807) is 0 Å². The number of carbonyl (C=O) groups excluding carboxylic acids is 1. The lowest BCUT2D eigenvalue weighted by Crippen LogP contribution is -2.36. The third-order valence-electron chi connectivity index (χ3n) is 3.55. The number of ether oxygens (including phenoxy) is 1. The molecule has 0 aromatic heterocycles. The zero-order valence-electron chi connectivity index (χ0n) is 11.3. The molecule has 106 valence electrons. The molecule has 1 heterocycles. The van der Waals surface area contributed by atoms with Gasteiger partial charge in [-0.1, -0.05) is 13.3 Å². The summed E-state index contributed by atoms with van der Waals surface area (Å²) in [6, 6.07) is 0. The molecular weight excluding hydrogens is 232 g/mol. The highest BCUT2D eigenvalue weighted by Crippen LogP contribution is 2.15. The minimum absolute atomic E-state index is 0.0740. The molecule has 0 aromatic carbocycles. The van der Waals surface area contributed by atoms with E-state index in [1.807, 2.05) is 6.92 Å². The standard InChI is InChI=1S/C13H26N2O3/c1-11(12(16)10-13(14)17)4-2-3-5-15-6-8-18-9-7-15/h11-12,16H,2-10H2,1H3,(H2,14,17)/t11-,12+/m1/s1. The molecule has 0 radical (unpaired) electrons. The van der Waals surface area contributed by atoms with Gasteiger partial charge in [-0.05, 0) is 25.3 Å². The minimum atomic E-state index is -0.592. The van der Waals surface area contributed by atoms with Crippen molar-refractivity contribution in [3.63, 3.8) is 0 Å². The Morgan fingerprint density at radius 1 is 1.39 bits per heavy atom. The van der Waals surface area contributed by atoms with Crippen LogP contribution in [-0.2, 0) is 9.53 Å². The number of nitrogens with two attached hydrogens (primary N) is 1.